The standard InChI is InChI=1S/C9H15N3O/c1-3-7-4-11-12-5-8(10-2)6-13-9(7)12/h4,8,10H,3,5-6H2,1-2H3. The third-order valence-corrected chi connectivity index (χ3v) is 2.47. The minimum absolute atomic E-state index is 0.386. The van der Waals surface area contributed by atoms with Gasteiger partial charge in [0.15, 0.2) is 0 Å². The molecule has 4 heteroatoms. The summed E-state index contributed by atoms with van der Waals surface area (Å²) >= 11 is 0. The van der Waals surface area contributed by atoms with Gasteiger partial charge in [0.1, 0.15) is 6.61 Å². The number of likely N-dealkylation sites (N-methyl/N-ethyl adjacent to an activating group) is 1. The number of ether oxygens (including phenoxy) is 1. The highest BCUT2D eigenvalue weighted by Gasteiger charge is 2.20. The number of nitrogens with zero attached hydrogens (tertiary/aromatic N) is 2. The van der Waals surface area contributed by atoms with Gasteiger partial charge in [0, 0.05) is 5.56 Å². The molecule has 1 N–H and O–H groups in total. The molecule has 0 saturated heterocycles. The zero-order valence-electron chi connectivity index (χ0n) is 8.08. The lowest BCUT2D eigenvalue weighted by molar-refractivity contribution is 0.187. The molecule has 0 radical (unpaired) electrons. The molecule has 1 atom stereocenters. The molecular weight excluding hydrogens is 166 g/mol. The van der Waals surface area contributed by atoms with E-state index in [-0.39, 0.29) is 0 Å². The van der Waals surface area contributed by atoms with Gasteiger partial charge in [-0.25, -0.2) is 4.68 Å². The van der Waals surface area contributed by atoms with Crippen LogP contribution in [0.15, 0.2) is 6.20 Å². The van der Waals surface area contributed by atoms with Gasteiger partial charge in [-0.3, -0.25) is 0 Å². The quantitative estimate of drug-likeness (QED) is 0.719. The summed E-state index contributed by atoms with van der Waals surface area (Å²) in [6.45, 7) is 3.77. The third-order valence-electron chi connectivity index (χ3n) is 2.47. The molecule has 2 heterocycles. The molecule has 0 bridgehead atoms. The molecule has 2 rings (SSSR count). The van der Waals surface area contributed by atoms with Crippen LogP contribution in [0, 0.1) is 0 Å². The minimum atomic E-state index is 0.386. The van der Waals surface area contributed by atoms with Gasteiger partial charge >= 0.3 is 0 Å². The molecule has 1 unspecified atom stereocenters. The van der Waals surface area contributed by atoms with Crippen molar-refractivity contribution in [3.8, 4) is 5.88 Å². The molecule has 4 nitrogen and oxygen atoms in total. The van der Waals surface area contributed by atoms with Crippen molar-refractivity contribution in [3.05, 3.63) is 11.8 Å². The Balaban J connectivity index is 2.22. The zero-order chi connectivity index (χ0) is 9.26. The Morgan fingerprint density at radius 1 is 1.77 bits per heavy atom. The van der Waals surface area contributed by atoms with Crippen LogP contribution in [0.25, 0.3) is 0 Å². The Morgan fingerprint density at radius 2 is 2.62 bits per heavy atom. The van der Waals surface area contributed by atoms with Crippen molar-refractivity contribution < 1.29 is 4.74 Å². The predicted octanol–water partition coefficient (Wildman–Crippen LogP) is 0.426. The van der Waals surface area contributed by atoms with Crippen LogP contribution in [0.1, 0.15) is 12.5 Å². The molecule has 1 aliphatic rings. The number of hydrogen-bond donors (Lipinski definition) is 1. The number of aryl methyl sites for hydroxylation is 1. The highest BCUT2D eigenvalue weighted by atomic mass is 16.5. The lowest BCUT2D eigenvalue weighted by atomic mass is 10.2. The first kappa shape index (κ1) is 8.56. The van der Waals surface area contributed by atoms with Crippen molar-refractivity contribution in [3.63, 3.8) is 0 Å². The van der Waals surface area contributed by atoms with Crippen molar-refractivity contribution in [1.29, 1.82) is 0 Å². The normalized spacial score (nSPS) is 20.9. The van der Waals surface area contributed by atoms with Gasteiger partial charge in [-0.05, 0) is 13.5 Å². The first-order valence-corrected chi connectivity index (χ1v) is 4.70. The molecular formula is C9H15N3O. The summed E-state index contributed by atoms with van der Waals surface area (Å²) in [6.07, 6.45) is 2.88. The number of aromatic nitrogens is 2. The molecule has 0 aromatic carbocycles. The van der Waals surface area contributed by atoms with Crippen molar-refractivity contribution >= 4 is 0 Å². The monoisotopic (exact) mass is 181 g/mol. The Kier molecular flexibility index (Phi) is 2.22. The van der Waals surface area contributed by atoms with Crippen LogP contribution < -0.4 is 10.1 Å². The average molecular weight is 181 g/mol. The van der Waals surface area contributed by atoms with Crippen LogP contribution in [-0.2, 0) is 13.0 Å². The lowest BCUT2D eigenvalue weighted by Gasteiger charge is -2.24. The third kappa shape index (κ3) is 1.42. The zero-order valence-corrected chi connectivity index (χ0v) is 8.08. The van der Waals surface area contributed by atoms with Gasteiger partial charge < -0.3 is 10.1 Å². The molecule has 0 aliphatic carbocycles. The van der Waals surface area contributed by atoms with Crippen molar-refractivity contribution in [2.24, 2.45) is 0 Å². The van der Waals surface area contributed by atoms with Crippen molar-refractivity contribution in [2.75, 3.05) is 13.7 Å². The maximum Gasteiger partial charge on any atom is 0.215 e. The fourth-order valence-corrected chi connectivity index (χ4v) is 1.57. The fourth-order valence-electron chi connectivity index (χ4n) is 1.57. The summed E-state index contributed by atoms with van der Waals surface area (Å²) < 4.78 is 7.56. The SMILES string of the molecule is CCc1cnn2c1OCC(NC)C2. The topological polar surface area (TPSA) is 39.1 Å². The first-order chi connectivity index (χ1) is 6.35. The van der Waals surface area contributed by atoms with E-state index in [0.29, 0.717) is 6.04 Å². The molecule has 0 spiro atoms. The summed E-state index contributed by atoms with van der Waals surface area (Å²) in [7, 11) is 1.95. The van der Waals surface area contributed by atoms with Crippen LogP contribution in [0.3, 0.4) is 0 Å². The number of rotatable bonds is 2. The van der Waals surface area contributed by atoms with E-state index in [0.717, 1.165) is 25.5 Å². The van der Waals surface area contributed by atoms with Crippen LogP contribution in [0.5, 0.6) is 5.88 Å². The lowest BCUT2D eigenvalue weighted by Crippen LogP contribution is -2.39. The Hall–Kier alpha value is -1.03. The molecule has 1 aromatic heterocycles. The van der Waals surface area contributed by atoms with Crippen LogP contribution in [0.2, 0.25) is 0 Å². The number of fused-ring (bicyclic) bond motifs is 1. The van der Waals surface area contributed by atoms with Gasteiger partial charge in [0.05, 0.1) is 18.8 Å². The van der Waals surface area contributed by atoms with Gasteiger partial charge in [-0.15, -0.1) is 0 Å². The minimum Gasteiger partial charge on any atom is -0.476 e. The largest absolute Gasteiger partial charge is 0.476 e. The molecule has 1 aromatic rings. The van der Waals surface area contributed by atoms with E-state index in [2.05, 4.69) is 17.3 Å². The van der Waals surface area contributed by atoms with Gasteiger partial charge in [0.2, 0.25) is 5.88 Å². The second kappa shape index (κ2) is 3.38. The Bertz CT molecular complexity index is 295. The van der Waals surface area contributed by atoms with E-state index >= 15 is 0 Å². The van der Waals surface area contributed by atoms with E-state index in [9.17, 15) is 0 Å². The molecule has 0 amide bonds. The Morgan fingerprint density at radius 3 is 3.31 bits per heavy atom. The maximum absolute atomic E-state index is 5.63. The van der Waals surface area contributed by atoms with Crippen molar-refractivity contribution in [1.82, 2.24) is 15.1 Å². The van der Waals surface area contributed by atoms with Crippen LogP contribution in [-0.4, -0.2) is 29.5 Å². The molecule has 1 aliphatic heterocycles. The highest BCUT2D eigenvalue weighted by Crippen LogP contribution is 2.22. The fraction of sp³-hybridized carbons (Fsp3) is 0.667. The molecule has 0 fully saturated rings. The average Bonchev–Trinajstić information content (AvgIpc) is 2.59. The molecule has 72 valence electrons. The van der Waals surface area contributed by atoms with E-state index in [4.69, 9.17) is 4.74 Å². The summed E-state index contributed by atoms with van der Waals surface area (Å²) in [6, 6.07) is 0.386. The predicted molar refractivity (Wildman–Crippen MR) is 49.9 cm³/mol. The maximum atomic E-state index is 5.63. The van der Waals surface area contributed by atoms with E-state index in [1.54, 1.807) is 0 Å². The van der Waals surface area contributed by atoms with E-state index in [1.165, 1.54) is 5.56 Å². The van der Waals surface area contributed by atoms with Gasteiger partial charge in [0.25, 0.3) is 0 Å². The first-order valence-electron chi connectivity index (χ1n) is 4.70. The number of hydrogen-bond acceptors (Lipinski definition) is 3. The second-order valence-corrected chi connectivity index (χ2v) is 3.31. The summed E-state index contributed by atoms with van der Waals surface area (Å²) in [5.74, 6) is 0.953. The Labute approximate surface area is 77.9 Å². The molecule has 0 saturated carbocycles. The van der Waals surface area contributed by atoms with Crippen LogP contribution in [0.4, 0.5) is 0 Å². The van der Waals surface area contributed by atoms with Gasteiger partial charge in [-0.1, -0.05) is 6.92 Å². The number of nitrogens with one attached hydrogen (secondary N) is 1. The second-order valence-electron chi connectivity index (χ2n) is 3.31. The van der Waals surface area contributed by atoms with Gasteiger partial charge in [-0.2, -0.15) is 5.10 Å². The van der Waals surface area contributed by atoms with Crippen LogP contribution >= 0.6 is 0 Å². The summed E-state index contributed by atoms with van der Waals surface area (Å²) in [5, 5.41) is 7.46. The summed E-state index contributed by atoms with van der Waals surface area (Å²) in [4.78, 5) is 0. The smallest absolute Gasteiger partial charge is 0.215 e. The van der Waals surface area contributed by atoms with Crippen molar-refractivity contribution in [2.45, 2.75) is 25.9 Å². The van der Waals surface area contributed by atoms with E-state index < -0.39 is 0 Å². The molecule has 13 heavy (non-hydrogen) atoms. The summed E-state index contributed by atoms with van der Waals surface area (Å²) in [5.41, 5.74) is 1.20. The highest BCUT2D eigenvalue weighted by molar-refractivity contribution is 5.25. The van der Waals surface area contributed by atoms with E-state index in [1.807, 2.05) is 17.9 Å².